The van der Waals surface area contributed by atoms with Gasteiger partial charge in [0.15, 0.2) is 5.69 Å². The first-order valence-electron chi connectivity index (χ1n) is 11.1. The molecule has 0 spiro atoms. The molecule has 2 N–H and O–H groups in total. The molecule has 0 bridgehead atoms. The van der Waals surface area contributed by atoms with Crippen molar-refractivity contribution in [1.82, 2.24) is 25.4 Å². The van der Waals surface area contributed by atoms with Crippen molar-refractivity contribution in [2.75, 3.05) is 20.7 Å². The minimum Gasteiger partial charge on any atom is -0.493 e. The monoisotopic (exact) mass is 486 g/mol. The molecule has 2 aromatic carbocycles. The van der Waals surface area contributed by atoms with Crippen molar-refractivity contribution in [3.05, 3.63) is 77.0 Å². The summed E-state index contributed by atoms with van der Waals surface area (Å²) in [5.41, 5.74) is 3.11. The van der Waals surface area contributed by atoms with E-state index in [2.05, 4.69) is 20.5 Å². The molecule has 4 aromatic rings. The molecule has 0 fully saturated rings. The molecule has 0 aliphatic carbocycles. The average molecular weight is 487 g/mol. The zero-order valence-electron chi connectivity index (χ0n) is 19.9. The molecule has 4 rings (SSSR count). The van der Waals surface area contributed by atoms with Gasteiger partial charge >= 0.3 is 0 Å². The first-order valence-corrected chi connectivity index (χ1v) is 11.1. The third-order valence-corrected chi connectivity index (χ3v) is 5.70. The van der Waals surface area contributed by atoms with E-state index in [0.717, 1.165) is 0 Å². The summed E-state index contributed by atoms with van der Waals surface area (Å²) in [6, 6.07) is 11.2. The van der Waals surface area contributed by atoms with E-state index in [0.29, 0.717) is 45.5 Å². The maximum atomic E-state index is 14.2. The highest BCUT2D eigenvalue weighted by Crippen LogP contribution is 2.33. The predicted octanol–water partition coefficient (Wildman–Crippen LogP) is 3.67. The van der Waals surface area contributed by atoms with E-state index in [1.807, 2.05) is 13.0 Å². The number of halogens is 1. The summed E-state index contributed by atoms with van der Waals surface area (Å²) < 4.78 is 20.0. The largest absolute Gasteiger partial charge is 0.493 e. The van der Waals surface area contributed by atoms with Gasteiger partial charge in [-0.3, -0.25) is 19.7 Å². The number of benzene rings is 2. The van der Waals surface area contributed by atoms with Crippen molar-refractivity contribution in [2.45, 2.75) is 13.5 Å². The lowest BCUT2D eigenvalue weighted by atomic mass is 9.99. The Kier molecular flexibility index (Phi) is 6.92. The molecule has 2 amide bonds. The molecule has 0 aliphatic rings. The standard InChI is InChI=1S/C26H23FN6O3/c1-4-36-23-10-16(5-7-18(23)15-6-8-21(27)19(9-15)25(34)29-2)26(35)33(3)14-17-12-30-13-20-22(11-28)31-32-24(17)20/h5-10,12-13H,4,14H2,1-3H3,(H,29,34)(H,31,32). The maximum Gasteiger partial charge on any atom is 0.254 e. The van der Waals surface area contributed by atoms with Gasteiger partial charge in [-0.05, 0) is 42.8 Å². The SMILES string of the molecule is CCOc1cc(C(=O)N(C)Cc2cncc3c(C#N)n[nH]c23)ccc1-c1ccc(F)c(C(=O)NC)c1. The zero-order valence-corrected chi connectivity index (χ0v) is 19.9. The molecular formula is C26H23FN6O3. The highest BCUT2D eigenvalue weighted by molar-refractivity contribution is 5.97. The number of nitrogens with one attached hydrogen (secondary N) is 2. The Hall–Kier alpha value is -4.78. The van der Waals surface area contributed by atoms with E-state index in [9.17, 15) is 19.2 Å². The molecule has 10 heteroatoms. The smallest absolute Gasteiger partial charge is 0.254 e. The number of carbonyl (C=O) groups excluding carboxylic acids is 2. The highest BCUT2D eigenvalue weighted by Gasteiger charge is 2.19. The van der Waals surface area contributed by atoms with Crippen molar-refractivity contribution in [3.8, 4) is 22.9 Å². The quantitative estimate of drug-likeness (QED) is 0.411. The Morgan fingerprint density at radius 3 is 2.75 bits per heavy atom. The number of H-pyrrole nitrogens is 1. The van der Waals surface area contributed by atoms with Crippen LogP contribution in [0.4, 0.5) is 4.39 Å². The Bertz CT molecular complexity index is 1510. The number of aromatic nitrogens is 3. The van der Waals surface area contributed by atoms with E-state index in [-0.39, 0.29) is 23.7 Å². The van der Waals surface area contributed by atoms with Crippen LogP contribution in [0, 0.1) is 17.1 Å². The Morgan fingerprint density at radius 1 is 1.22 bits per heavy atom. The van der Waals surface area contributed by atoms with Gasteiger partial charge in [-0.25, -0.2) is 4.39 Å². The van der Waals surface area contributed by atoms with Gasteiger partial charge in [0, 0.05) is 49.7 Å². The summed E-state index contributed by atoms with van der Waals surface area (Å²) in [6.07, 6.45) is 3.18. The molecule has 0 radical (unpaired) electrons. The molecule has 0 saturated heterocycles. The van der Waals surface area contributed by atoms with Crippen LogP contribution < -0.4 is 10.1 Å². The first kappa shape index (κ1) is 24.3. The number of amides is 2. The van der Waals surface area contributed by atoms with Crippen LogP contribution in [-0.2, 0) is 6.54 Å². The molecule has 0 unspecified atom stereocenters. The van der Waals surface area contributed by atoms with Crippen molar-refractivity contribution in [2.24, 2.45) is 0 Å². The molecule has 36 heavy (non-hydrogen) atoms. The molecule has 0 saturated carbocycles. The number of ether oxygens (including phenoxy) is 1. The van der Waals surface area contributed by atoms with Crippen LogP contribution in [0.1, 0.15) is 38.9 Å². The van der Waals surface area contributed by atoms with Crippen LogP contribution in [0.25, 0.3) is 22.0 Å². The number of hydrogen-bond acceptors (Lipinski definition) is 6. The maximum absolute atomic E-state index is 14.2. The number of fused-ring (bicyclic) bond motifs is 1. The van der Waals surface area contributed by atoms with Crippen LogP contribution in [0.2, 0.25) is 0 Å². The Labute approximate surface area is 206 Å². The Balaban J connectivity index is 1.64. The number of carbonyl (C=O) groups is 2. The lowest BCUT2D eigenvalue weighted by Gasteiger charge is -2.19. The van der Waals surface area contributed by atoms with Crippen LogP contribution in [0.15, 0.2) is 48.8 Å². The van der Waals surface area contributed by atoms with E-state index in [1.54, 1.807) is 43.7 Å². The van der Waals surface area contributed by atoms with E-state index in [1.165, 1.54) is 24.1 Å². The van der Waals surface area contributed by atoms with Crippen LogP contribution in [0.3, 0.4) is 0 Å². The minimum atomic E-state index is -0.631. The van der Waals surface area contributed by atoms with Gasteiger partial charge < -0.3 is 15.0 Å². The summed E-state index contributed by atoms with van der Waals surface area (Å²) in [7, 11) is 3.09. The molecule has 2 aromatic heterocycles. The first-order chi connectivity index (χ1) is 17.4. The zero-order chi connectivity index (χ0) is 25.8. The van der Waals surface area contributed by atoms with Gasteiger partial charge in [-0.15, -0.1) is 0 Å². The van der Waals surface area contributed by atoms with Gasteiger partial charge in [0.2, 0.25) is 0 Å². The lowest BCUT2D eigenvalue weighted by Crippen LogP contribution is -2.26. The van der Waals surface area contributed by atoms with Gasteiger partial charge in [0.1, 0.15) is 17.6 Å². The Morgan fingerprint density at radius 2 is 2.03 bits per heavy atom. The second-order valence-electron chi connectivity index (χ2n) is 7.98. The molecule has 0 atom stereocenters. The average Bonchev–Trinajstić information content (AvgIpc) is 3.32. The number of aromatic amines is 1. The van der Waals surface area contributed by atoms with Gasteiger partial charge in [0.05, 0.1) is 23.1 Å². The molecule has 9 nitrogen and oxygen atoms in total. The lowest BCUT2D eigenvalue weighted by molar-refractivity contribution is 0.0784. The number of nitriles is 1. The van der Waals surface area contributed by atoms with E-state index in [4.69, 9.17) is 4.74 Å². The van der Waals surface area contributed by atoms with Crippen molar-refractivity contribution >= 4 is 22.7 Å². The third kappa shape index (κ3) is 4.59. The summed E-state index contributed by atoms with van der Waals surface area (Å²) in [6.45, 7) is 2.40. The normalized spacial score (nSPS) is 10.6. The van der Waals surface area contributed by atoms with Gasteiger partial charge in [0.25, 0.3) is 11.8 Å². The summed E-state index contributed by atoms with van der Waals surface area (Å²) in [5, 5.41) is 19.0. The van der Waals surface area contributed by atoms with Crippen molar-refractivity contribution in [3.63, 3.8) is 0 Å². The topological polar surface area (TPSA) is 124 Å². The fourth-order valence-electron chi connectivity index (χ4n) is 3.91. The molecular weight excluding hydrogens is 463 g/mol. The van der Waals surface area contributed by atoms with Crippen molar-refractivity contribution < 1.29 is 18.7 Å². The summed E-state index contributed by atoms with van der Waals surface area (Å²) in [5.74, 6) is -0.996. The predicted molar refractivity (Wildman–Crippen MR) is 131 cm³/mol. The third-order valence-electron chi connectivity index (χ3n) is 5.70. The second kappa shape index (κ2) is 10.2. The van der Waals surface area contributed by atoms with Crippen molar-refractivity contribution in [1.29, 1.82) is 5.26 Å². The fraction of sp³-hybridized carbons (Fsp3) is 0.192. The number of hydrogen-bond donors (Lipinski definition) is 2. The molecule has 182 valence electrons. The second-order valence-corrected chi connectivity index (χ2v) is 7.98. The van der Waals surface area contributed by atoms with E-state index >= 15 is 0 Å². The summed E-state index contributed by atoms with van der Waals surface area (Å²) >= 11 is 0. The van der Waals surface area contributed by atoms with Crippen LogP contribution in [-0.4, -0.2) is 52.6 Å². The number of rotatable bonds is 7. The van der Waals surface area contributed by atoms with Gasteiger partial charge in [-0.1, -0.05) is 6.07 Å². The van der Waals surface area contributed by atoms with Gasteiger partial charge in [-0.2, -0.15) is 10.4 Å². The number of pyridine rings is 1. The number of nitrogens with zero attached hydrogens (tertiary/aromatic N) is 4. The van der Waals surface area contributed by atoms with Crippen LogP contribution >= 0.6 is 0 Å². The van der Waals surface area contributed by atoms with E-state index < -0.39 is 11.7 Å². The van der Waals surface area contributed by atoms with Crippen LogP contribution in [0.5, 0.6) is 5.75 Å². The minimum absolute atomic E-state index is 0.0847. The molecule has 2 heterocycles. The molecule has 0 aliphatic heterocycles. The highest BCUT2D eigenvalue weighted by atomic mass is 19.1. The fourth-order valence-corrected chi connectivity index (χ4v) is 3.91. The summed E-state index contributed by atoms with van der Waals surface area (Å²) in [4.78, 5) is 31.0.